The first kappa shape index (κ1) is 16.7. The summed E-state index contributed by atoms with van der Waals surface area (Å²) in [7, 11) is 2.05. The number of nitrogens with zero attached hydrogens (tertiary/aromatic N) is 3. The predicted molar refractivity (Wildman–Crippen MR) is 94.6 cm³/mol. The van der Waals surface area contributed by atoms with Gasteiger partial charge in [-0.15, -0.1) is 0 Å². The topological polar surface area (TPSA) is 30.3 Å². The number of aromatic nitrogens is 2. The number of piperidine rings is 1. The Hall–Kier alpha value is -1.72. The Bertz CT molecular complexity index is 721. The van der Waals surface area contributed by atoms with Gasteiger partial charge in [-0.2, -0.15) is 0 Å². The quantitative estimate of drug-likeness (QED) is 0.854. The van der Waals surface area contributed by atoms with Crippen LogP contribution in [0.1, 0.15) is 30.7 Å². The SMILES string of the molecule is Cn1ccnc1CN1CCC2(CC1)CO[C@@H](Cc1cccc(F)c1)C2. The van der Waals surface area contributed by atoms with E-state index in [0.717, 1.165) is 50.5 Å². The Balaban J connectivity index is 1.30. The molecule has 5 heteroatoms. The van der Waals surface area contributed by atoms with Crippen molar-refractivity contribution in [3.63, 3.8) is 0 Å². The maximum Gasteiger partial charge on any atom is 0.123 e. The van der Waals surface area contributed by atoms with E-state index in [1.807, 2.05) is 18.5 Å². The van der Waals surface area contributed by atoms with Crippen LogP contribution in [0.15, 0.2) is 36.7 Å². The van der Waals surface area contributed by atoms with Crippen molar-refractivity contribution in [3.8, 4) is 0 Å². The highest BCUT2D eigenvalue weighted by molar-refractivity contribution is 5.17. The van der Waals surface area contributed by atoms with E-state index in [1.54, 1.807) is 12.1 Å². The Kier molecular flexibility index (Phi) is 4.61. The zero-order chi connectivity index (χ0) is 17.3. The molecule has 1 atom stereocenters. The molecule has 0 bridgehead atoms. The van der Waals surface area contributed by atoms with Crippen LogP contribution in [0.2, 0.25) is 0 Å². The molecular formula is C20H26FN3O. The van der Waals surface area contributed by atoms with E-state index < -0.39 is 0 Å². The summed E-state index contributed by atoms with van der Waals surface area (Å²) in [5.74, 6) is 0.968. The number of benzene rings is 1. The first-order valence-electron chi connectivity index (χ1n) is 9.17. The van der Waals surface area contributed by atoms with E-state index >= 15 is 0 Å². The molecule has 0 unspecified atom stereocenters. The third kappa shape index (κ3) is 3.77. The molecule has 1 aromatic carbocycles. The summed E-state index contributed by atoms with van der Waals surface area (Å²) in [6, 6.07) is 6.90. The van der Waals surface area contributed by atoms with Crippen molar-refractivity contribution >= 4 is 0 Å². The van der Waals surface area contributed by atoms with Gasteiger partial charge in [0.15, 0.2) is 0 Å². The first-order valence-corrected chi connectivity index (χ1v) is 9.17. The Morgan fingerprint density at radius 1 is 1.32 bits per heavy atom. The minimum atomic E-state index is -0.159. The Labute approximate surface area is 148 Å². The summed E-state index contributed by atoms with van der Waals surface area (Å²) in [5.41, 5.74) is 1.35. The molecule has 0 N–H and O–H groups in total. The number of halogens is 1. The molecule has 1 spiro atoms. The van der Waals surface area contributed by atoms with Gasteiger partial charge in [-0.05, 0) is 61.9 Å². The van der Waals surface area contributed by atoms with Crippen LogP contribution in [0.4, 0.5) is 4.39 Å². The van der Waals surface area contributed by atoms with Crippen LogP contribution in [0.3, 0.4) is 0 Å². The summed E-state index contributed by atoms with van der Waals surface area (Å²) in [6.07, 6.45) is 8.36. The van der Waals surface area contributed by atoms with Crippen molar-refractivity contribution in [1.82, 2.24) is 14.5 Å². The number of rotatable bonds is 4. The van der Waals surface area contributed by atoms with Crippen LogP contribution < -0.4 is 0 Å². The molecule has 0 aliphatic carbocycles. The molecule has 0 saturated carbocycles. The molecule has 0 amide bonds. The van der Waals surface area contributed by atoms with E-state index in [-0.39, 0.29) is 11.9 Å². The first-order chi connectivity index (χ1) is 12.1. The van der Waals surface area contributed by atoms with Gasteiger partial charge in [0.05, 0.1) is 19.3 Å². The number of ether oxygens (including phenoxy) is 1. The van der Waals surface area contributed by atoms with Crippen LogP contribution in [0.25, 0.3) is 0 Å². The summed E-state index contributed by atoms with van der Waals surface area (Å²) in [4.78, 5) is 6.92. The number of aryl methyl sites for hydroxylation is 1. The average Bonchev–Trinajstić information content (AvgIpc) is 3.17. The van der Waals surface area contributed by atoms with Gasteiger partial charge < -0.3 is 9.30 Å². The number of hydrogen-bond donors (Lipinski definition) is 0. The number of imidazole rings is 1. The van der Waals surface area contributed by atoms with E-state index in [0.29, 0.717) is 5.41 Å². The zero-order valence-electron chi connectivity index (χ0n) is 14.8. The van der Waals surface area contributed by atoms with E-state index in [1.165, 1.54) is 18.9 Å². The average molecular weight is 343 g/mol. The summed E-state index contributed by atoms with van der Waals surface area (Å²) >= 11 is 0. The fraction of sp³-hybridized carbons (Fsp3) is 0.550. The van der Waals surface area contributed by atoms with Crippen molar-refractivity contribution in [2.24, 2.45) is 12.5 Å². The number of hydrogen-bond acceptors (Lipinski definition) is 3. The molecule has 134 valence electrons. The molecule has 2 fully saturated rings. The minimum Gasteiger partial charge on any atom is -0.377 e. The van der Waals surface area contributed by atoms with Gasteiger partial charge >= 0.3 is 0 Å². The number of likely N-dealkylation sites (tertiary alicyclic amines) is 1. The van der Waals surface area contributed by atoms with Gasteiger partial charge in [0.1, 0.15) is 11.6 Å². The molecule has 1 aromatic heterocycles. The highest BCUT2D eigenvalue weighted by atomic mass is 19.1. The highest BCUT2D eigenvalue weighted by Gasteiger charge is 2.42. The molecule has 2 aliphatic heterocycles. The second-order valence-electron chi connectivity index (χ2n) is 7.70. The zero-order valence-corrected chi connectivity index (χ0v) is 14.8. The summed E-state index contributed by atoms with van der Waals surface area (Å²) < 4.78 is 21.6. The largest absolute Gasteiger partial charge is 0.377 e. The second-order valence-corrected chi connectivity index (χ2v) is 7.70. The molecule has 3 heterocycles. The maximum absolute atomic E-state index is 13.4. The lowest BCUT2D eigenvalue weighted by atomic mass is 9.76. The van der Waals surface area contributed by atoms with Crippen LogP contribution in [0.5, 0.6) is 0 Å². The second kappa shape index (κ2) is 6.89. The van der Waals surface area contributed by atoms with Crippen molar-refractivity contribution in [2.75, 3.05) is 19.7 Å². The fourth-order valence-corrected chi connectivity index (χ4v) is 4.24. The molecule has 25 heavy (non-hydrogen) atoms. The molecule has 4 nitrogen and oxygen atoms in total. The highest BCUT2D eigenvalue weighted by Crippen LogP contribution is 2.42. The summed E-state index contributed by atoms with van der Waals surface area (Å²) in [5, 5.41) is 0. The van der Waals surface area contributed by atoms with Crippen molar-refractivity contribution in [1.29, 1.82) is 0 Å². The molecule has 2 saturated heterocycles. The Morgan fingerprint density at radius 3 is 2.88 bits per heavy atom. The molecule has 2 aliphatic rings. The van der Waals surface area contributed by atoms with Gasteiger partial charge in [0, 0.05) is 19.4 Å². The van der Waals surface area contributed by atoms with Crippen LogP contribution in [-0.2, 0) is 24.8 Å². The van der Waals surface area contributed by atoms with E-state index in [2.05, 4.69) is 21.5 Å². The standard InChI is InChI=1S/C20H26FN3O/c1-23-10-7-22-19(23)14-24-8-5-20(6-9-24)13-18(25-15-20)12-16-3-2-4-17(21)11-16/h2-4,7,10-11,18H,5-6,8-9,12-15H2,1H3/t18-/m0/s1. The van der Waals surface area contributed by atoms with Gasteiger partial charge in [0.2, 0.25) is 0 Å². The predicted octanol–water partition coefficient (Wildman–Crippen LogP) is 3.17. The van der Waals surface area contributed by atoms with E-state index in [9.17, 15) is 4.39 Å². The molecule has 0 radical (unpaired) electrons. The Morgan fingerprint density at radius 2 is 2.16 bits per heavy atom. The third-order valence-electron chi connectivity index (χ3n) is 5.84. The molecule has 2 aromatic rings. The lowest BCUT2D eigenvalue weighted by Gasteiger charge is -2.38. The normalized spacial score (nSPS) is 23.4. The van der Waals surface area contributed by atoms with E-state index in [4.69, 9.17) is 4.74 Å². The van der Waals surface area contributed by atoms with Crippen LogP contribution in [-0.4, -0.2) is 40.3 Å². The smallest absolute Gasteiger partial charge is 0.123 e. The van der Waals surface area contributed by atoms with Gasteiger partial charge in [0.25, 0.3) is 0 Å². The van der Waals surface area contributed by atoms with Crippen LogP contribution >= 0.6 is 0 Å². The van der Waals surface area contributed by atoms with Gasteiger partial charge in [-0.1, -0.05) is 12.1 Å². The summed E-state index contributed by atoms with van der Waals surface area (Å²) in [6.45, 7) is 3.97. The monoisotopic (exact) mass is 343 g/mol. The minimum absolute atomic E-state index is 0.159. The van der Waals surface area contributed by atoms with Gasteiger partial charge in [-0.3, -0.25) is 4.90 Å². The van der Waals surface area contributed by atoms with Crippen molar-refractivity contribution in [2.45, 2.75) is 38.3 Å². The lowest BCUT2D eigenvalue weighted by molar-refractivity contribution is 0.0622. The van der Waals surface area contributed by atoms with Gasteiger partial charge in [-0.25, -0.2) is 9.37 Å². The third-order valence-corrected chi connectivity index (χ3v) is 5.84. The fourth-order valence-electron chi connectivity index (χ4n) is 4.24. The molecule has 4 rings (SSSR count). The van der Waals surface area contributed by atoms with Crippen LogP contribution in [0, 0.1) is 11.2 Å². The molecular weight excluding hydrogens is 317 g/mol. The van der Waals surface area contributed by atoms with Crippen molar-refractivity contribution < 1.29 is 9.13 Å². The lowest BCUT2D eigenvalue weighted by Crippen LogP contribution is -2.40. The maximum atomic E-state index is 13.4. The van der Waals surface area contributed by atoms with Crippen molar-refractivity contribution in [3.05, 3.63) is 53.9 Å².